The van der Waals surface area contributed by atoms with Gasteiger partial charge in [0.25, 0.3) is 0 Å². The zero-order valence-electron chi connectivity index (χ0n) is 27.5. The molecule has 0 saturated carbocycles. The van der Waals surface area contributed by atoms with Crippen molar-refractivity contribution < 1.29 is 46.9 Å². The number of carboxylic acid groups (broad SMARTS) is 1. The highest BCUT2D eigenvalue weighted by molar-refractivity contribution is 7.20. The number of carbonyl (C=O) groups is 3. The maximum absolute atomic E-state index is 13.4. The molecule has 0 amide bonds. The van der Waals surface area contributed by atoms with Gasteiger partial charge in [0.1, 0.15) is 21.7 Å². The minimum Gasteiger partial charge on any atom is -0.493 e. The van der Waals surface area contributed by atoms with Gasteiger partial charge < -0.3 is 33.1 Å². The Morgan fingerprint density at radius 3 is 1.85 bits per heavy atom. The van der Waals surface area contributed by atoms with E-state index in [-0.39, 0.29) is 27.7 Å². The molecule has 0 saturated heterocycles. The number of aryl methyl sites for hydroxylation is 2. The Morgan fingerprint density at radius 1 is 0.913 bits per heavy atom. The van der Waals surface area contributed by atoms with Gasteiger partial charge in [0.15, 0.2) is 40.7 Å². The summed E-state index contributed by atoms with van der Waals surface area (Å²) in [4.78, 5) is 42.5. The first-order valence-corrected chi connectivity index (χ1v) is 15.2. The first-order chi connectivity index (χ1) is 21.9. The normalized spacial score (nSPS) is 10.4. The minimum absolute atomic E-state index is 0.109. The zero-order valence-corrected chi connectivity index (χ0v) is 28.3. The summed E-state index contributed by atoms with van der Waals surface area (Å²) in [7, 11) is 4.32. The number of aromatic nitrogens is 2. The number of aldehydes is 1. The monoisotopic (exact) mass is 661 g/mol. The van der Waals surface area contributed by atoms with Crippen molar-refractivity contribution in [3.63, 3.8) is 0 Å². The topological polar surface area (TPSA) is 154 Å². The summed E-state index contributed by atoms with van der Waals surface area (Å²) in [6, 6.07) is 4.50. The maximum atomic E-state index is 13.4. The number of nitrogens with zero attached hydrogens (tertiary/aromatic N) is 3. The van der Waals surface area contributed by atoms with Crippen LogP contribution < -0.4 is 9.47 Å². The molecule has 0 fully saturated rings. The number of thiophene rings is 1. The molecule has 14 heteroatoms. The van der Waals surface area contributed by atoms with Crippen LogP contribution in [0.15, 0.2) is 27.0 Å². The number of fused-ring (bicyclic) bond motifs is 4. The van der Waals surface area contributed by atoms with E-state index in [1.807, 2.05) is 0 Å². The van der Waals surface area contributed by atoms with Crippen LogP contribution in [-0.4, -0.2) is 79.2 Å². The van der Waals surface area contributed by atoms with Crippen molar-refractivity contribution in [1.82, 2.24) is 14.9 Å². The van der Waals surface area contributed by atoms with Crippen molar-refractivity contribution in [3.8, 4) is 11.5 Å². The number of esters is 1. The standard InChI is InChI=1S/C12H9NO4S.C10H8FNO3.C6H15N.C4H8O2/c1-5-13-10-6-3-9(12(14)15)18-8(6)4-7(16-2)11(10)17-5;1-5-12-9-6(4-13)7(11)3-8(14-2)10(9)15-5;1-4-7(5-2)6-3;1-3-4(5)6-2/h3-4H,1-2H3,(H,14,15);3-4H,1-2H3;4-6H2,1-3H3;3H2,1-2H3. The van der Waals surface area contributed by atoms with Crippen LogP contribution in [0.3, 0.4) is 0 Å². The third-order valence-corrected chi connectivity index (χ3v) is 7.66. The van der Waals surface area contributed by atoms with E-state index in [0.29, 0.717) is 46.9 Å². The number of oxazole rings is 2. The summed E-state index contributed by atoms with van der Waals surface area (Å²) in [5.41, 5.74) is 1.57. The highest BCUT2D eigenvalue weighted by Crippen LogP contribution is 2.38. The largest absolute Gasteiger partial charge is 0.493 e. The van der Waals surface area contributed by atoms with Crippen LogP contribution in [0.1, 0.15) is 65.9 Å². The molecule has 0 atom stereocenters. The van der Waals surface area contributed by atoms with Gasteiger partial charge in [-0.05, 0) is 25.7 Å². The third-order valence-electron chi connectivity index (χ3n) is 6.59. The second kappa shape index (κ2) is 17.8. The predicted octanol–water partition coefficient (Wildman–Crippen LogP) is 7.07. The fourth-order valence-corrected chi connectivity index (χ4v) is 5.08. The van der Waals surface area contributed by atoms with Crippen LogP contribution >= 0.6 is 11.3 Å². The van der Waals surface area contributed by atoms with Gasteiger partial charge in [-0.15, -0.1) is 11.3 Å². The van der Waals surface area contributed by atoms with E-state index in [0.717, 1.165) is 16.2 Å². The lowest BCUT2D eigenvalue weighted by atomic mass is 10.2. The van der Waals surface area contributed by atoms with Crippen molar-refractivity contribution in [2.45, 2.75) is 48.0 Å². The van der Waals surface area contributed by atoms with E-state index in [1.54, 1.807) is 40.0 Å². The Labute approximate surface area is 270 Å². The quantitative estimate of drug-likeness (QED) is 0.134. The third kappa shape index (κ3) is 9.23. The molecule has 12 nitrogen and oxygen atoms in total. The molecule has 3 heterocycles. The molecule has 0 spiro atoms. The van der Waals surface area contributed by atoms with Crippen LogP contribution in [0.4, 0.5) is 4.39 Å². The van der Waals surface area contributed by atoms with Gasteiger partial charge >= 0.3 is 11.9 Å². The van der Waals surface area contributed by atoms with Gasteiger partial charge in [-0.25, -0.2) is 19.2 Å². The Morgan fingerprint density at radius 2 is 1.43 bits per heavy atom. The zero-order chi connectivity index (χ0) is 34.6. The van der Waals surface area contributed by atoms with E-state index >= 15 is 0 Å². The van der Waals surface area contributed by atoms with Gasteiger partial charge in [-0.1, -0.05) is 27.7 Å². The van der Waals surface area contributed by atoms with Crippen molar-refractivity contribution in [2.24, 2.45) is 0 Å². The van der Waals surface area contributed by atoms with Gasteiger partial charge in [-0.3, -0.25) is 9.59 Å². The molecular weight excluding hydrogens is 621 g/mol. The average molecular weight is 662 g/mol. The number of hydrogen-bond donors (Lipinski definition) is 1. The van der Waals surface area contributed by atoms with Crippen LogP contribution in [0, 0.1) is 19.7 Å². The van der Waals surface area contributed by atoms with Gasteiger partial charge in [0.2, 0.25) is 0 Å². The predicted molar refractivity (Wildman–Crippen MR) is 174 cm³/mol. The Bertz CT molecular complexity index is 1760. The lowest BCUT2D eigenvalue weighted by Crippen LogP contribution is -2.21. The molecule has 3 aromatic heterocycles. The van der Waals surface area contributed by atoms with E-state index in [2.05, 4.69) is 40.4 Å². The molecular formula is C32H40FN3O9S. The Kier molecular flexibility index (Phi) is 14.6. The second-order valence-electron chi connectivity index (χ2n) is 9.37. The fourth-order valence-electron chi connectivity index (χ4n) is 4.14. The molecule has 2 aromatic carbocycles. The number of halogens is 1. The molecule has 0 aliphatic heterocycles. The number of methoxy groups -OCH3 is 3. The smallest absolute Gasteiger partial charge is 0.345 e. The lowest BCUT2D eigenvalue weighted by Gasteiger charge is -2.13. The van der Waals surface area contributed by atoms with Crippen molar-refractivity contribution >= 4 is 61.8 Å². The summed E-state index contributed by atoms with van der Waals surface area (Å²) in [6.45, 7) is 15.2. The number of aromatic carboxylic acids is 1. The van der Waals surface area contributed by atoms with Crippen LogP contribution in [0.5, 0.6) is 11.5 Å². The van der Waals surface area contributed by atoms with Crippen LogP contribution in [0.25, 0.3) is 32.3 Å². The molecule has 1 N–H and O–H groups in total. The first-order valence-electron chi connectivity index (χ1n) is 14.4. The number of hydrogen-bond acceptors (Lipinski definition) is 12. The van der Waals surface area contributed by atoms with E-state index in [1.165, 1.54) is 45.2 Å². The molecule has 0 aliphatic carbocycles. The molecule has 250 valence electrons. The highest BCUT2D eigenvalue weighted by Gasteiger charge is 2.18. The number of carboxylic acids is 1. The first kappa shape index (κ1) is 37.6. The second-order valence-corrected chi connectivity index (χ2v) is 10.5. The fraction of sp³-hybridized carbons (Fsp3) is 0.406. The number of carbonyl (C=O) groups excluding carboxylic acids is 2. The maximum Gasteiger partial charge on any atom is 0.345 e. The molecule has 5 rings (SSSR count). The molecule has 46 heavy (non-hydrogen) atoms. The molecule has 0 bridgehead atoms. The summed E-state index contributed by atoms with van der Waals surface area (Å²) in [5, 5.41) is 9.81. The Hall–Kier alpha value is -4.56. The summed E-state index contributed by atoms with van der Waals surface area (Å²) in [6.07, 6.45) is 0.884. The van der Waals surface area contributed by atoms with Gasteiger partial charge in [0, 0.05) is 42.5 Å². The number of benzene rings is 2. The van der Waals surface area contributed by atoms with Crippen molar-refractivity contribution in [1.29, 1.82) is 0 Å². The number of rotatable bonds is 8. The van der Waals surface area contributed by atoms with E-state index in [4.69, 9.17) is 23.4 Å². The summed E-state index contributed by atoms with van der Waals surface area (Å²) in [5.74, 6) is -0.0809. The molecule has 0 radical (unpaired) electrons. The minimum atomic E-state index is -0.941. The van der Waals surface area contributed by atoms with Crippen LogP contribution in [-0.2, 0) is 9.53 Å². The molecule has 0 unspecified atom stereocenters. The molecule has 5 aromatic rings. The highest BCUT2D eigenvalue weighted by atomic mass is 32.1. The van der Waals surface area contributed by atoms with E-state index in [9.17, 15) is 18.8 Å². The van der Waals surface area contributed by atoms with E-state index < -0.39 is 11.8 Å². The van der Waals surface area contributed by atoms with Crippen molar-refractivity contribution in [3.05, 3.63) is 46.2 Å². The number of ether oxygens (including phenoxy) is 3. The summed E-state index contributed by atoms with van der Waals surface area (Å²) >= 11 is 1.20. The average Bonchev–Trinajstić information content (AvgIpc) is 3.77. The Balaban J connectivity index is 0.000000236. The molecule has 0 aliphatic rings. The SMILES string of the molecule is CCC(=O)OC.CCN(CC)CC.COc1cc(F)c(C=O)c2nc(C)oc12.COc1cc2sc(C(=O)O)cc2c2nc(C)oc12. The summed E-state index contributed by atoms with van der Waals surface area (Å²) < 4.78 is 39.4. The van der Waals surface area contributed by atoms with Crippen molar-refractivity contribution in [2.75, 3.05) is 41.0 Å². The van der Waals surface area contributed by atoms with Crippen LogP contribution in [0.2, 0.25) is 0 Å². The lowest BCUT2D eigenvalue weighted by molar-refractivity contribution is -0.140. The van der Waals surface area contributed by atoms with Gasteiger partial charge in [0.05, 0.1) is 26.9 Å². The van der Waals surface area contributed by atoms with Gasteiger partial charge in [-0.2, -0.15) is 0 Å².